The van der Waals surface area contributed by atoms with Crippen molar-refractivity contribution in [3.8, 4) is 11.5 Å². The molecule has 8 nitrogen and oxygen atoms in total. The van der Waals surface area contributed by atoms with Gasteiger partial charge in [-0.2, -0.15) is 16.8 Å². The van der Waals surface area contributed by atoms with Crippen LogP contribution < -0.4 is 103 Å². The number of benzene rings is 2. The van der Waals surface area contributed by atoms with E-state index in [1.807, 2.05) is 0 Å². The van der Waals surface area contributed by atoms with Gasteiger partial charge in [-0.05, 0) is 23.6 Å². The summed E-state index contributed by atoms with van der Waals surface area (Å²) in [6, 6.07) is 3.25. The molecule has 0 spiro atoms. The van der Waals surface area contributed by atoms with Crippen LogP contribution in [0, 0.1) is 0 Å². The molecule has 0 bridgehead atoms. The van der Waals surface area contributed by atoms with Crippen LogP contribution in [0.2, 0.25) is 0 Å². The summed E-state index contributed by atoms with van der Waals surface area (Å²) in [6.07, 6.45) is 0. The van der Waals surface area contributed by atoms with Crippen molar-refractivity contribution in [2.75, 3.05) is 0 Å². The average molecular weight is 401 g/mol. The minimum absolute atomic E-state index is 0. The van der Waals surface area contributed by atoms with Gasteiger partial charge in [0.15, 0.2) is 0 Å². The third-order valence-electron chi connectivity index (χ3n) is 2.56. The summed E-state index contributed by atoms with van der Waals surface area (Å²) < 4.78 is 61.9. The van der Waals surface area contributed by atoms with Gasteiger partial charge in [-0.3, -0.25) is 9.11 Å². The maximum atomic E-state index is 11.0. The molecule has 4 N–H and O–H groups in total. The first-order valence-corrected chi connectivity index (χ1v) is 7.83. The Morgan fingerprint density at radius 3 is 1.77 bits per heavy atom. The van der Waals surface area contributed by atoms with E-state index in [4.69, 9.17) is 9.11 Å². The van der Waals surface area contributed by atoms with Crippen molar-refractivity contribution in [1.29, 1.82) is 0 Å². The van der Waals surface area contributed by atoms with Crippen LogP contribution in [0.4, 0.5) is 0 Å². The van der Waals surface area contributed by atoms with Gasteiger partial charge in [0.2, 0.25) is 0 Å². The van der Waals surface area contributed by atoms with Gasteiger partial charge in [0, 0.05) is 11.5 Å². The molecule has 0 aliphatic carbocycles. The molecule has 0 heterocycles. The number of hydrogen-bond donors (Lipinski definition) is 4. The topological polar surface area (TPSA) is 149 Å². The Kier molecular flexibility index (Phi) is 8.70. The minimum Gasteiger partial charge on any atom is -1.00 e. The molecule has 0 aliphatic heterocycles. The van der Waals surface area contributed by atoms with Crippen molar-refractivity contribution >= 4 is 31.0 Å². The molecular formula is C10H10K2O8S2. The summed E-state index contributed by atoms with van der Waals surface area (Å²) in [4.78, 5) is -1.51. The molecule has 112 valence electrons. The number of phenolic OH excluding ortho intramolecular Hbond substituents is 2. The monoisotopic (exact) mass is 400 g/mol. The van der Waals surface area contributed by atoms with Gasteiger partial charge in [-0.25, -0.2) is 0 Å². The summed E-state index contributed by atoms with van der Waals surface area (Å²) in [6.45, 7) is 0. The Labute approximate surface area is 214 Å². The first-order chi connectivity index (χ1) is 9.00. The van der Waals surface area contributed by atoms with Crippen molar-refractivity contribution in [2.45, 2.75) is 9.79 Å². The Morgan fingerprint density at radius 2 is 1.32 bits per heavy atom. The van der Waals surface area contributed by atoms with Crippen LogP contribution in [0.15, 0.2) is 34.1 Å². The molecule has 22 heavy (non-hydrogen) atoms. The molecule has 0 aliphatic rings. The Balaban J connectivity index is -0.00000110. The second kappa shape index (κ2) is 8.18. The van der Waals surface area contributed by atoms with Crippen molar-refractivity contribution in [3.63, 3.8) is 0 Å². The largest absolute Gasteiger partial charge is 1.00 e. The molecule has 0 radical (unpaired) electrons. The third-order valence-corrected chi connectivity index (χ3v) is 4.27. The summed E-state index contributed by atoms with van der Waals surface area (Å²) in [5.41, 5.74) is 0. The number of aromatic hydroxyl groups is 2. The van der Waals surface area contributed by atoms with Crippen LogP contribution in [-0.2, 0) is 20.2 Å². The molecule has 0 saturated carbocycles. The maximum absolute atomic E-state index is 11.0. The molecule has 0 fully saturated rings. The Morgan fingerprint density at radius 1 is 0.773 bits per heavy atom. The van der Waals surface area contributed by atoms with Crippen LogP contribution in [0.1, 0.15) is 2.85 Å². The van der Waals surface area contributed by atoms with E-state index in [0.717, 1.165) is 24.3 Å². The van der Waals surface area contributed by atoms with Gasteiger partial charge in [0.1, 0.15) is 16.4 Å². The van der Waals surface area contributed by atoms with Crippen LogP contribution in [0.5, 0.6) is 11.5 Å². The zero-order valence-electron chi connectivity index (χ0n) is 13.5. The van der Waals surface area contributed by atoms with Gasteiger partial charge in [0.05, 0.1) is 4.90 Å². The van der Waals surface area contributed by atoms with Crippen molar-refractivity contribution in [2.24, 2.45) is 0 Å². The number of phenols is 2. The van der Waals surface area contributed by atoms with E-state index >= 15 is 0 Å². The third kappa shape index (κ3) is 5.19. The summed E-state index contributed by atoms with van der Waals surface area (Å²) in [5.74, 6) is -1.40. The van der Waals surface area contributed by atoms with E-state index in [9.17, 15) is 27.0 Å². The van der Waals surface area contributed by atoms with Gasteiger partial charge in [-0.1, -0.05) is 0 Å². The predicted octanol–water partition coefficient (Wildman–Crippen LogP) is -5.02. The number of rotatable bonds is 2. The summed E-state index contributed by atoms with van der Waals surface area (Å²) in [5, 5.41) is 19.0. The van der Waals surface area contributed by atoms with Gasteiger partial charge in [-0.15, -0.1) is 0 Å². The van der Waals surface area contributed by atoms with Crippen LogP contribution in [0.25, 0.3) is 10.8 Å². The van der Waals surface area contributed by atoms with Crippen LogP contribution in [0.3, 0.4) is 0 Å². The Hall–Kier alpha value is 1.39. The summed E-state index contributed by atoms with van der Waals surface area (Å²) in [7, 11) is -9.34. The average Bonchev–Trinajstić information content (AvgIpc) is 2.26. The quantitative estimate of drug-likeness (QED) is 0.289. The molecule has 2 rings (SSSR count). The normalized spacial score (nSPS) is 11.5. The smallest absolute Gasteiger partial charge is 1.00 e. The predicted molar refractivity (Wildman–Crippen MR) is 69.1 cm³/mol. The molecule has 0 aromatic heterocycles. The zero-order valence-corrected chi connectivity index (χ0v) is 19.4. The second-order valence-electron chi connectivity index (χ2n) is 3.93. The van der Waals surface area contributed by atoms with Crippen molar-refractivity contribution < 1.29 is 142 Å². The molecule has 12 heteroatoms. The van der Waals surface area contributed by atoms with Crippen molar-refractivity contribution in [3.05, 3.63) is 24.3 Å². The molecule has 0 amide bonds. The molecule has 2 aromatic rings. The molecular weight excluding hydrogens is 390 g/mol. The summed E-state index contributed by atoms with van der Waals surface area (Å²) >= 11 is 0. The molecule has 0 saturated heterocycles. The first-order valence-electron chi connectivity index (χ1n) is 4.95. The standard InChI is InChI=1S/C10H8O8S2.2K.2H/c11-8-3-6(19(13,14)15)1-5-2-10(20(16,17)18)9(12)4-7(5)8;;;;/h1-4,11-12H,(H,13,14,15)(H,16,17,18);;;;/q;2*+1;2*-1. The Bertz CT molecular complexity index is 932. The fraction of sp³-hybridized carbons (Fsp3) is 0. The number of hydrogen-bond acceptors (Lipinski definition) is 6. The van der Waals surface area contributed by atoms with E-state index in [1.54, 1.807) is 0 Å². The molecule has 0 unspecified atom stereocenters. The minimum atomic E-state index is -4.73. The fourth-order valence-electron chi connectivity index (χ4n) is 1.69. The number of fused-ring (bicyclic) bond motifs is 1. The molecule has 2 aromatic carbocycles. The van der Waals surface area contributed by atoms with E-state index in [0.29, 0.717) is 0 Å². The molecule has 0 atom stereocenters. The van der Waals surface area contributed by atoms with Gasteiger partial charge < -0.3 is 13.1 Å². The van der Waals surface area contributed by atoms with Crippen LogP contribution in [-0.4, -0.2) is 36.2 Å². The zero-order chi connectivity index (χ0) is 15.3. The van der Waals surface area contributed by atoms with Gasteiger partial charge in [0.25, 0.3) is 20.2 Å². The van der Waals surface area contributed by atoms with E-state index in [1.165, 1.54) is 0 Å². The fourth-order valence-corrected chi connectivity index (χ4v) is 2.82. The van der Waals surface area contributed by atoms with Gasteiger partial charge >= 0.3 is 103 Å². The first kappa shape index (κ1) is 23.4. The maximum Gasteiger partial charge on any atom is 1.00 e. The van der Waals surface area contributed by atoms with Crippen LogP contribution >= 0.6 is 0 Å². The second-order valence-corrected chi connectivity index (χ2v) is 6.75. The SMILES string of the molecule is O=S(=O)(O)c1cc(O)c2cc(O)c(S(=O)(=O)O)cc2c1.[H-].[H-].[K+].[K+]. The van der Waals surface area contributed by atoms with E-state index < -0.39 is 41.5 Å². The van der Waals surface area contributed by atoms with E-state index in [-0.39, 0.29) is 116 Å². The van der Waals surface area contributed by atoms with Crippen molar-refractivity contribution in [1.82, 2.24) is 0 Å². The van der Waals surface area contributed by atoms with E-state index in [2.05, 4.69) is 0 Å².